The molecule has 0 rings (SSSR count). The van der Waals surface area contributed by atoms with Crippen molar-refractivity contribution < 1.29 is 9.59 Å². The van der Waals surface area contributed by atoms with Crippen LogP contribution < -0.4 is 11.1 Å². The van der Waals surface area contributed by atoms with Gasteiger partial charge in [-0.3, -0.25) is 9.59 Å². The molecule has 4 nitrogen and oxygen atoms in total. The first-order valence-corrected chi connectivity index (χ1v) is 4.41. The molecule has 0 heterocycles. The van der Waals surface area contributed by atoms with Gasteiger partial charge in [-0.15, -0.1) is 0 Å². The Kier molecular flexibility index (Phi) is 5.30. The smallest absolute Gasteiger partial charge is 0.237 e. The molecule has 4 heteroatoms. The van der Waals surface area contributed by atoms with E-state index in [0.717, 1.165) is 0 Å². The van der Waals surface area contributed by atoms with Gasteiger partial charge in [-0.1, -0.05) is 13.8 Å². The van der Waals surface area contributed by atoms with Crippen molar-refractivity contribution in [3.05, 3.63) is 0 Å². The van der Waals surface area contributed by atoms with Crippen molar-refractivity contribution in [3.8, 4) is 0 Å². The maximum atomic E-state index is 11.2. The van der Waals surface area contributed by atoms with E-state index in [-0.39, 0.29) is 5.91 Å². The molecular formula is C9H17N2O2. The molecule has 0 unspecified atom stereocenters. The maximum Gasteiger partial charge on any atom is 0.237 e. The summed E-state index contributed by atoms with van der Waals surface area (Å²) >= 11 is 0. The number of nitrogens with two attached hydrogens (primary N) is 1. The number of carbonyl (C=O) groups excluding carboxylic acids is 2. The fourth-order valence-corrected chi connectivity index (χ4v) is 0.965. The molecule has 0 fully saturated rings. The van der Waals surface area contributed by atoms with E-state index in [1.165, 1.54) is 0 Å². The normalized spacial score (nSPS) is 15.2. The van der Waals surface area contributed by atoms with E-state index >= 15 is 0 Å². The zero-order valence-electron chi connectivity index (χ0n) is 8.33. The lowest BCUT2D eigenvalue weighted by molar-refractivity contribution is -0.122. The van der Waals surface area contributed by atoms with Crippen LogP contribution in [-0.2, 0) is 9.59 Å². The van der Waals surface area contributed by atoms with Gasteiger partial charge >= 0.3 is 0 Å². The van der Waals surface area contributed by atoms with Crippen molar-refractivity contribution in [1.29, 1.82) is 0 Å². The van der Waals surface area contributed by atoms with Crippen LogP contribution in [0.3, 0.4) is 0 Å². The van der Waals surface area contributed by atoms with Crippen LogP contribution in [0.2, 0.25) is 0 Å². The number of amides is 1. The van der Waals surface area contributed by atoms with E-state index in [2.05, 4.69) is 5.32 Å². The number of nitrogens with one attached hydrogen (secondary N) is 1. The number of rotatable bonds is 5. The minimum Gasteiger partial charge on any atom is -0.345 e. The fourth-order valence-electron chi connectivity index (χ4n) is 0.965. The summed E-state index contributed by atoms with van der Waals surface area (Å²) in [5.74, 6) is 0.0841. The average Bonchev–Trinajstić information content (AvgIpc) is 2.02. The molecule has 1 radical (unpaired) electrons. The summed E-state index contributed by atoms with van der Waals surface area (Å²) in [6, 6.07) is -1.11. The molecule has 13 heavy (non-hydrogen) atoms. The largest absolute Gasteiger partial charge is 0.345 e. The van der Waals surface area contributed by atoms with E-state index in [0.29, 0.717) is 12.3 Å². The topological polar surface area (TPSA) is 72.2 Å². The Hall–Kier alpha value is -0.900. The third-order valence-electron chi connectivity index (χ3n) is 1.60. The lowest BCUT2D eigenvalue weighted by atomic mass is 10.0. The molecule has 2 atom stereocenters. The van der Waals surface area contributed by atoms with Crippen LogP contribution in [0.25, 0.3) is 0 Å². The van der Waals surface area contributed by atoms with Gasteiger partial charge in [-0.25, -0.2) is 0 Å². The summed E-state index contributed by atoms with van der Waals surface area (Å²) in [6.45, 7) is 5.54. The van der Waals surface area contributed by atoms with Crippen molar-refractivity contribution >= 4 is 12.2 Å². The van der Waals surface area contributed by atoms with Crippen molar-refractivity contribution in [1.82, 2.24) is 5.32 Å². The summed E-state index contributed by atoms with van der Waals surface area (Å²) in [5.41, 5.74) is 5.58. The molecule has 0 aromatic heterocycles. The molecule has 75 valence electrons. The van der Waals surface area contributed by atoms with Gasteiger partial charge in [-0.05, 0) is 19.3 Å². The van der Waals surface area contributed by atoms with Gasteiger partial charge in [0.2, 0.25) is 12.2 Å². The third-order valence-corrected chi connectivity index (χ3v) is 1.60. The molecule has 1 amide bonds. The molecule has 3 N–H and O–H groups in total. The summed E-state index contributed by atoms with van der Waals surface area (Å²) in [5, 5.41) is 2.45. The van der Waals surface area contributed by atoms with E-state index in [1.807, 2.05) is 13.8 Å². The van der Waals surface area contributed by atoms with Crippen LogP contribution >= 0.6 is 0 Å². The minimum absolute atomic E-state index is 0.287. The molecular weight excluding hydrogens is 168 g/mol. The molecule has 0 aliphatic heterocycles. The standard InChI is InChI=1S/C9H17N2O2/c1-6(2)4-8(10)9(13)11-7(3)5-12/h6-8H,4,10H2,1-3H3,(H,11,13)/t7-,8-/m0/s1. The van der Waals surface area contributed by atoms with Crippen LogP contribution in [0, 0.1) is 5.92 Å². The minimum atomic E-state index is -0.578. The van der Waals surface area contributed by atoms with E-state index < -0.39 is 12.1 Å². The lowest BCUT2D eigenvalue weighted by Crippen LogP contribution is -2.45. The van der Waals surface area contributed by atoms with Crippen LogP contribution in [0.15, 0.2) is 0 Å². The molecule has 0 saturated heterocycles. The predicted octanol–water partition coefficient (Wildman–Crippen LogP) is -0.0258. The Morgan fingerprint density at radius 3 is 2.38 bits per heavy atom. The van der Waals surface area contributed by atoms with Crippen LogP contribution in [0.4, 0.5) is 0 Å². The van der Waals surface area contributed by atoms with Gasteiger partial charge in [0.25, 0.3) is 0 Å². The van der Waals surface area contributed by atoms with E-state index in [1.54, 1.807) is 13.2 Å². The SMILES string of the molecule is CC(C)C[C@H](N)C(=O)N[C@@H](C)[C]=O. The van der Waals surface area contributed by atoms with Gasteiger partial charge in [0.05, 0.1) is 12.1 Å². The Bertz CT molecular complexity index is 180. The van der Waals surface area contributed by atoms with Crippen LogP contribution in [0.1, 0.15) is 27.2 Å². The van der Waals surface area contributed by atoms with Crippen LogP contribution in [0.5, 0.6) is 0 Å². The second kappa shape index (κ2) is 5.70. The average molecular weight is 185 g/mol. The molecule has 0 aromatic carbocycles. The number of carbonyl (C=O) groups is 1. The molecule has 0 aromatic rings. The first kappa shape index (κ1) is 12.1. The quantitative estimate of drug-likeness (QED) is 0.632. The molecule has 0 spiro atoms. The van der Waals surface area contributed by atoms with Gasteiger partial charge in [0, 0.05) is 0 Å². The molecule has 0 saturated carbocycles. The van der Waals surface area contributed by atoms with E-state index in [9.17, 15) is 9.59 Å². The predicted molar refractivity (Wildman–Crippen MR) is 50.7 cm³/mol. The third kappa shape index (κ3) is 5.36. The van der Waals surface area contributed by atoms with Gasteiger partial charge in [0.15, 0.2) is 0 Å². The zero-order chi connectivity index (χ0) is 10.4. The summed E-state index contributed by atoms with van der Waals surface area (Å²) in [6.07, 6.45) is 2.29. The fraction of sp³-hybridized carbons (Fsp3) is 0.778. The highest BCUT2D eigenvalue weighted by Crippen LogP contribution is 2.02. The highest BCUT2D eigenvalue weighted by Gasteiger charge is 2.16. The molecule has 0 bridgehead atoms. The summed E-state index contributed by atoms with van der Waals surface area (Å²) in [7, 11) is 0. The first-order chi connectivity index (χ1) is 5.97. The number of hydrogen-bond acceptors (Lipinski definition) is 3. The Morgan fingerprint density at radius 1 is 1.46 bits per heavy atom. The highest BCUT2D eigenvalue weighted by molar-refractivity contribution is 5.84. The maximum absolute atomic E-state index is 11.2. The Balaban J connectivity index is 3.89. The van der Waals surface area contributed by atoms with E-state index in [4.69, 9.17) is 5.73 Å². The van der Waals surface area contributed by atoms with Crippen molar-refractivity contribution in [2.24, 2.45) is 11.7 Å². The summed E-state index contributed by atoms with van der Waals surface area (Å²) in [4.78, 5) is 21.3. The summed E-state index contributed by atoms with van der Waals surface area (Å²) < 4.78 is 0. The van der Waals surface area contributed by atoms with Crippen LogP contribution in [-0.4, -0.2) is 24.3 Å². The van der Waals surface area contributed by atoms with Crippen molar-refractivity contribution in [2.75, 3.05) is 0 Å². The number of hydrogen-bond donors (Lipinski definition) is 2. The lowest BCUT2D eigenvalue weighted by Gasteiger charge is -2.14. The molecule has 0 aliphatic carbocycles. The van der Waals surface area contributed by atoms with Gasteiger partial charge < -0.3 is 11.1 Å². The highest BCUT2D eigenvalue weighted by atomic mass is 16.2. The second-order valence-corrected chi connectivity index (χ2v) is 3.58. The Labute approximate surface area is 78.9 Å². The van der Waals surface area contributed by atoms with Gasteiger partial charge in [-0.2, -0.15) is 0 Å². The molecule has 0 aliphatic rings. The Morgan fingerprint density at radius 2 is 2.00 bits per heavy atom. The first-order valence-electron chi connectivity index (χ1n) is 4.41. The monoisotopic (exact) mass is 185 g/mol. The van der Waals surface area contributed by atoms with Gasteiger partial charge in [0.1, 0.15) is 0 Å². The second-order valence-electron chi connectivity index (χ2n) is 3.58. The van der Waals surface area contributed by atoms with Crippen molar-refractivity contribution in [2.45, 2.75) is 39.3 Å². The zero-order valence-corrected chi connectivity index (χ0v) is 8.33. The van der Waals surface area contributed by atoms with Crippen molar-refractivity contribution in [3.63, 3.8) is 0 Å².